The molecule has 28 heavy (non-hydrogen) atoms. The Labute approximate surface area is 181 Å². The summed E-state index contributed by atoms with van der Waals surface area (Å²) in [6.07, 6.45) is 1.55. The number of ether oxygens (including phenoxy) is 1. The van der Waals surface area contributed by atoms with E-state index in [4.69, 9.17) is 9.84 Å². The fraction of sp³-hybridized carbons (Fsp3) is 0.105. The Hall–Kier alpha value is -2.10. The maximum absolute atomic E-state index is 12.2. The van der Waals surface area contributed by atoms with E-state index in [1.165, 1.54) is 0 Å². The number of rotatable bonds is 6. The van der Waals surface area contributed by atoms with Crippen LogP contribution in [0, 0.1) is 0 Å². The largest absolute Gasteiger partial charge is 0.488 e. The number of imide groups is 1. The molecule has 144 valence electrons. The second-order valence-electron chi connectivity index (χ2n) is 5.77. The lowest BCUT2D eigenvalue weighted by Crippen LogP contribution is -2.33. The first-order valence-corrected chi connectivity index (χ1v) is 10.4. The van der Waals surface area contributed by atoms with Crippen molar-refractivity contribution >= 4 is 66.8 Å². The summed E-state index contributed by atoms with van der Waals surface area (Å²) in [5.41, 5.74) is 1.70. The van der Waals surface area contributed by atoms with E-state index in [1.807, 2.05) is 24.3 Å². The van der Waals surface area contributed by atoms with Gasteiger partial charge in [-0.3, -0.25) is 19.3 Å². The van der Waals surface area contributed by atoms with E-state index in [9.17, 15) is 14.4 Å². The monoisotopic (exact) mass is 525 g/mol. The number of carbonyl (C=O) groups is 3. The highest BCUT2D eigenvalue weighted by Crippen LogP contribution is 2.34. The third-order valence-electron chi connectivity index (χ3n) is 3.73. The van der Waals surface area contributed by atoms with E-state index in [1.54, 1.807) is 24.3 Å². The molecular weight excluding hydrogens is 514 g/mol. The summed E-state index contributed by atoms with van der Waals surface area (Å²) in [5.74, 6) is -1.21. The lowest BCUT2D eigenvalue weighted by atomic mass is 10.2. The molecule has 0 spiro atoms. The lowest BCUT2D eigenvalue weighted by Gasteiger charge is -2.09. The Morgan fingerprint density at radius 2 is 1.86 bits per heavy atom. The fourth-order valence-corrected chi connectivity index (χ4v) is 4.00. The molecule has 0 aliphatic carbocycles. The molecule has 6 nitrogen and oxygen atoms in total. The third-order valence-corrected chi connectivity index (χ3v) is 5.78. The van der Waals surface area contributed by atoms with Gasteiger partial charge in [-0.15, -0.1) is 0 Å². The molecule has 1 heterocycles. The Bertz CT molecular complexity index is 975. The van der Waals surface area contributed by atoms with Gasteiger partial charge in [0.15, 0.2) is 0 Å². The second kappa shape index (κ2) is 8.93. The number of hydrogen-bond donors (Lipinski definition) is 1. The number of amides is 2. The molecule has 2 aromatic rings. The number of nitrogens with zero attached hydrogens (tertiary/aromatic N) is 1. The van der Waals surface area contributed by atoms with Crippen molar-refractivity contribution < 1.29 is 24.2 Å². The third kappa shape index (κ3) is 5.03. The number of carboxylic acid groups (broad SMARTS) is 1. The molecule has 1 fully saturated rings. The minimum Gasteiger partial charge on any atom is -0.488 e. The van der Waals surface area contributed by atoms with Gasteiger partial charge in [-0.05, 0) is 69.2 Å². The fourth-order valence-electron chi connectivity index (χ4n) is 2.39. The van der Waals surface area contributed by atoms with Gasteiger partial charge in [-0.25, -0.2) is 0 Å². The highest BCUT2D eigenvalue weighted by atomic mass is 79.9. The molecule has 1 N–H and O–H groups in total. The van der Waals surface area contributed by atoms with Gasteiger partial charge in [0.05, 0.1) is 9.38 Å². The summed E-state index contributed by atoms with van der Waals surface area (Å²) in [6.45, 7) is -0.242. The summed E-state index contributed by atoms with van der Waals surface area (Å²) >= 11 is 7.55. The van der Waals surface area contributed by atoms with E-state index in [0.717, 1.165) is 21.8 Å². The molecule has 0 saturated carbocycles. The van der Waals surface area contributed by atoms with E-state index in [-0.39, 0.29) is 4.91 Å². The molecule has 0 bridgehead atoms. The second-order valence-corrected chi connectivity index (χ2v) is 8.53. The first kappa shape index (κ1) is 20.6. The van der Waals surface area contributed by atoms with E-state index < -0.39 is 23.7 Å². The van der Waals surface area contributed by atoms with Crippen molar-refractivity contribution in [2.75, 3.05) is 6.54 Å². The molecule has 1 saturated heterocycles. The molecule has 0 atom stereocenters. The average molecular weight is 527 g/mol. The molecule has 2 amide bonds. The van der Waals surface area contributed by atoms with Gasteiger partial charge < -0.3 is 9.84 Å². The smallest absolute Gasteiger partial charge is 0.323 e. The standard InChI is InChI=1S/C19H13Br2NO5S/c20-13-4-1-11(2-5-13)10-27-15-6-3-12(7-14(15)21)8-16-18(25)22(9-17(23)24)19(26)28-16/h1-8H,9-10H2,(H,23,24)/b16-8+. The van der Waals surface area contributed by atoms with Crippen molar-refractivity contribution in [2.24, 2.45) is 0 Å². The summed E-state index contributed by atoms with van der Waals surface area (Å²) < 4.78 is 7.50. The summed E-state index contributed by atoms with van der Waals surface area (Å²) in [6, 6.07) is 13.1. The van der Waals surface area contributed by atoms with E-state index >= 15 is 0 Å². The van der Waals surface area contributed by atoms with E-state index in [2.05, 4.69) is 31.9 Å². The van der Waals surface area contributed by atoms with Crippen molar-refractivity contribution in [3.8, 4) is 5.75 Å². The van der Waals surface area contributed by atoms with Crippen LogP contribution >= 0.6 is 43.6 Å². The molecule has 0 aromatic heterocycles. The van der Waals surface area contributed by atoms with Crippen LogP contribution in [0.5, 0.6) is 5.75 Å². The zero-order valence-electron chi connectivity index (χ0n) is 14.2. The van der Waals surface area contributed by atoms with Gasteiger partial charge in [0.2, 0.25) is 0 Å². The number of hydrogen-bond acceptors (Lipinski definition) is 5. The van der Waals surface area contributed by atoms with Gasteiger partial charge in [0.1, 0.15) is 18.9 Å². The maximum Gasteiger partial charge on any atom is 0.323 e. The van der Waals surface area contributed by atoms with E-state index in [0.29, 0.717) is 27.3 Å². The van der Waals surface area contributed by atoms with Crippen molar-refractivity contribution in [3.63, 3.8) is 0 Å². The molecule has 9 heteroatoms. The lowest BCUT2D eigenvalue weighted by molar-refractivity contribution is -0.140. The number of carbonyl (C=O) groups excluding carboxylic acids is 2. The predicted molar refractivity (Wildman–Crippen MR) is 113 cm³/mol. The van der Waals surface area contributed by atoms with Gasteiger partial charge in [0, 0.05) is 4.47 Å². The molecule has 0 unspecified atom stereocenters. The Balaban J connectivity index is 1.71. The first-order chi connectivity index (χ1) is 13.3. The van der Waals surface area contributed by atoms with Crippen molar-refractivity contribution in [1.82, 2.24) is 4.90 Å². The summed E-state index contributed by atoms with van der Waals surface area (Å²) in [7, 11) is 0. The number of halogens is 2. The molecule has 0 radical (unpaired) electrons. The Kier molecular flexibility index (Phi) is 6.58. The average Bonchev–Trinajstić information content (AvgIpc) is 2.89. The highest BCUT2D eigenvalue weighted by molar-refractivity contribution is 9.10. The maximum atomic E-state index is 12.2. The minimum atomic E-state index is -1.24. The van der Waals surface area contributed by atoms with Crippen LogP contribution in [0.1, 0.15) is 11.1 Å². The zero-order valence-corrected chi connectivity index (χ0v) is 18.2. The van der Waals surface area contributed by atoms with Gasteiger partial charge in [-0.1, -0.05) is 34.1 Å². The number of benzene rings is 2. The van der Waals surface area contributed by atoms with Crippen LogP contribution < -0.4 is 4.74 Å². The topological polar surface area (TPSA) is 83.9 Å². The van der Waals surface area contributed by atoms with Crippen LogP contribution in [0.15, 0.2) is 56.3 Å². The van der Waals surface area contributed by atoms with Crippen LogP contribution in [0.25, 0.3) is 6.08 Å². The molecular formula is C19H13Br2NO5S. The zero-order chi connectivity index (χ0) is 20.3. The van der Waals surface area contributed by atoms with Crippen LogP contribution in [0.3, 0.4) is 0 Å². The van der Waals surface area contributed by atoms with Crippen LogP contribution in [0.4, 0.5) is 4.79 Å². The highest BCUT2D eigenvalue weighted by Gasteiger charge is 2.36. The van der Waals surface area contributed by atoms with Crippen LogP contribution in [-0.2, 0) is 16.2 Å². The summed E-state index contributed by atoms with van der Waals surface area (Å²) in [4.78, 5) is 35.7. The van der Waals surface area contributed by atoms with Gasteiger partial charge in [0.25, 0.3) is 11.1 Å². The van der Waals surface area contributed by atoms with Crippen molar-refractivity contribution in [2.45, 2.75) is 6.61 Å². The number of aliphatic carboxylic acids is 1. The predicted octanol–water partition coefficient (Wildman–Crippen LogP) is 4.91. The first-order valence-electron chi connectivity index (χ1n) is 7.97. The van der Waals surface area contributed by atoms with Crippen LogP contribution in [-0.4, -0.2) is 33.7 Å². The van der Waals surface area contributed by atoms with Crippen molar-refractivity contribution in [1.29, 1.82) is 0 Å². The number of thioether (sulfide) groups is 1. The Morgan fingerprint density at radius 1 is 1.14 bits per heavy atom. The molecule has 1 aliphatic rings. The van der Waals surface area contributed by atoms with Gasteiger partial charge >= 0.3 is 5.97 Å². The van der Waals surface area contributed by atoms with Gasteiger partial charge in [-0.2, -0.15) is 0 Å². The Morgan fingerprint density at radius 3 is 2.50 bits per heavy atom. The number of carboxylic acids is 1. The molecule has 3 rings (SSSR count). The normalized spacial score (nSPS) is 15.4. The summed E-state index contributed by atoms with van der Waals surface area (Å²) in [5, 5.41) is 8.21. The van der Waals surface area contributed by atoms with Crippen LogP contribution in [0.2, 0.25) is 0 Å². The quantitative estimate of drug-likeness (QED) is 0.538. The SMILES string of the molecule is O=C(O)CN1C(=O)S/C(=C/c2ccc(OCc3ccc(Br)cc3)c(Br)c2)C1=O. The molecule has 1 aliphatic heterocycles. The van der Waals surface area contributed by atoms with Crippen molar-refractivity contribution in [3.05, 3.63) is 67.4 Å². The minimum absolute atomic E-state index is 0.182. The molecule has 2 aromatic carbocycles.